The second kappa shape index (κ2) is 4.36. The molecule has 0 bridgehead atoms. The summed E-state index contributed by atoms with van der Waals surface area (Å²) >= 11 is 0. The van der Waals surface area contributed by atoms with Crippen molar-refractivity contribution in [3.05, 3.63) is 0 Å². The van der Waals surface area contributed by atoms with Crippen molar-refractivity contribution in [1.29, 1.82) is 0 Å². The zero-order valence-electron chi connectivity index (χ0n) is 9.14. The van der Waals surface area contributed by atoms with E-state index in [0.717, 1.165) is 13.1 Å². The Labute approximate surface area is 91.2 Å². The maximum Gasteiger partial charge on any atom is 0.408 e. The van der Waals surface area contributed by atoms with Gasteiger partial charge >= 0.3 is 6.09 Å². The Morgan fingerprint density at radius 3 is 2.21 bits per heavy atom. The Hall–Kier alpha value is -0.480. The molecule has 0 aromatic carbocycles. The molecule has 1 aliphatic heterocycles. The number of amides is 1. The molecule has 1 saturated heterocycles. The molecule has 5 heteroatoms. The largest absolute Gasteiger partial charge is 0.441 e. The van der Waals surface area contributed by atoms with Crippen LogP contribution in [0.3, 0.4) is 0 Å². The number of nitrogens with one attached hydrogen (secondary N) is 2. The molecular formula is C9H19ClN2O2. The number of halogens is 1. The molecule has 1 aliphatic rings. The third-order valence-corrected chi connectivity index (χ3v) is 1.81. The number of alkyl carbamates (subject to hydrolysis) is 1. The Bertz CT molecular complexity index is 209. The van der Waals surface area contributed by atoms with Crippen LogP contribution >= 0.6 is 12.4 Å². The number of hydrogen-bond donors (Lipinski definition) is 2. The first-order chi connectivity index (χ1) is 5.81. The van der Waals surface area contributed by atoms with E-state index < -0.39 is 0 Å². The Morgan fingerprint density at radius 1 is 1.43 bits per heavy atom. The monoisotopic (exact) mass is 222 g/mol. The summed E-state index contributed by atoms with van der Waals surface area (Å²) in [6.07, 6.45) is -0.337. The lowest BCUT2D eigenvalue weighted by molar-refractivity contribution is -0.0155. The van der Waals surface area contributed by atoms with Crippen LogP contribution in [0.5, 0.6) is 0 Å². The molecule has 4 nitrogen and oxygen atoms in total. The molecule has 1 rings (SSSR count). The fourth-order valence-corrected chi connectivity index (χ4v) is 1.10. The highest BCUT2D eigenvalue weighted by molar-refractivity contribution is 5.85. The molecule has 0 radical (unpaired) electrons. The van der Waals surface area contributed by atoms with Gasteiger partial charge in [-0.15, -0.1) is 12.4 Å². The van der Waals surface area contributed by atoms with Crippen LogP contribution in [0.4, 0.5) is 4.79 Å². The maximum absolute atomic E-state index is 11.3. The van der Waals surface area contributed by atoms with Crippen molar-refractivity contribution in [2.45, 2.75) is 38.8 Å². The smallest absolute Gasteiger partial charge is 0.408 e. The standard InChI is InChI=1S/C9H18N2O2.ClH/c1-8(2,3)11-7(12)13-9(4)5-10-6-9;/h10H,5-6H2,1-4H3,(H,11,12);1H. The van der Waals surface area contributed by atoms with Gasteiger partial charge in [-0.1, -0.05) is 0 Å². The van der Waals surface area contributed by atoms with E-state index in [1.165, 1.54) is 0 Å². The lowest BCUT2D eigenvalue weighted by Crippen LogP contribution is -2.61. The van der Waals surface area contributed by atoms with Crippen LogP contribution in [-0.2, 0) is 4.74 Å². The van der Waals surface area contributed by atoms with Crippen LogP contribution in [0.1, 0.15) is 27.7 Å². The summed E-state index contributed by atoms with van der Waals surface area (Å²) in [5, 5.41) is 5.82. The van der Waals surface area contributed by atoms with E-state index in [9.17, 15) is 4.79 Å². The molecule has 0 aromatic rings. The summed E-state index contributed by atoms with van der Waals surface area (Å²) in [5.74, 6) is 0. The minimum atomic E-state index is -0.337. The van der Waals surface area contributed by atoms with Gasteiger partial charge in [0.2, 0.25) is 0 Å². The van der Waals surface area contributed by atoms with Gasteiger partial charge in [-0.2, -0.15) is 0 Å². The van der Waals surface area contributed by atoms with Gasteiger partial charge in [-0.3, -0.25) is 0 Å². The summed E-state index contributed by atoms with van der Waals surface area (Å²) in [6, 6.07) is 0. The van der Waals surface area contributed by atoms with E-state index in [2.05, 4.69) is 10.6 Å². The maximum atomic E-state index is 11.3. The van der Waals surface area contributed by atoms with Gasteiger partial charge in [-0.05, 0) is 27.7 Å². The van der Waals surface area contributed by atoms with E-state index in [1.54, 1.807) is 0 Å². The zero-order chi connectivity index (χ0) is 10.1. The summed E-state index contributed by atoms with van der Waals surface area (Å²) in [6.45, 7) is 9.18. The Morgan fingerprint density at radius 2 is 1.93 bits per heavy atom. The van der Waals surface area contributed by atoms with Gasteiger partial charge < -0.3 is 15.4 Å². The molecule has 0 atom stereocenters. The highest BCUT2D eigenvalue weighted by Crippen LogP contribution is 2.15. The van der Waals surface area contributed by atoms with Crippen LogP contribution in [0.15, 0.2) is 0 Å². The summed E-state index contributed by atoms with van der Waals surface area (Å²) in [7, 11) is 0. The predicted octanol–water partition coefficient (Wildman–Crippen LogP) is 1.29. The molecule has 0 spiro atoms. The summed E-state index contributed by atoms with van der Waals surface area (Å²) in [4.78, 5) is 11.3. The van der Waals surface area contributed by atoms with E-state index in [-0.39, 0.29) is 29.6 Å². The van der Waals surface area contributed by atoms with Gasteiger partial charge in [0.15, 0.2) is 0 Å². The van der Waals surface area contributed by atoms with E-state index in [1.807, 2.05) is 27.7 Å². The van der Waals surface area contributed by atoms with Crippen molar-refractivity contribution in [2.75, 3.05) is 13.1 Å². The van der Waals surface area contributed by atoms with Crippen molar-refractivity contribution in [1.82, 2.24) is 10.6 Å². The third-order valence-electron chi connectivity index (χ3n) is 1.81. The lowest BCUT2D eigenvalue weighted by Gasteiger charge is -2.39. The lowest BCUT2D eigenvalue weighted by atomic mass is 10.0. The van der Waals surface area contributed by atoms with Crippen molar-refractivity contribution in [3.63, 3.8) is 0 Å². The molecule has 1 amide bonds. The van der Waals surface area contributed by atoms with E-state index in [0.29, 0.717) is 0 Å². The molecular weight excluding hydrogens is 204 g/mol. The fraction of sp³-hybridized carbons (Fsp3) is 0.889. The van der Waals surface area contributed by atoms with Crippen molar-refractivity contribution >= 4 is 18.5 Å². The van der Waals surface area contributed by atoms with Crippen molar-refractivity contribution in [2.24, 2.45) is 0 Å². The molecule has 84 valence electrons. The number of hydrogen-bond acceptors (Lipinski definition) is 3. The van der Waals surface area contributed by atoms with Crippen LogP contribution in [0, 0.1) is 0 Å². The normalized spacial score (nSPS) is 18.9. The number of carbonyl (C=O) groups excluding carboxylic acids is 1. The molecule has 0 saturated carbocycles. The first kappa shape index (κ1) is 13.5. The number of carbonyl (C=O) groups is 1. The quantitative estimate of drug-likeness (QED) is 0.703. The number of ether oxygens (including phenoxy) is 1. The van der Waals surface area contributed by atoms with E-state index >= 15 is 0 Å². The Kier molecular flexibility index (Phi) is 4.21. The fourth-order valence-electron chi connectivity index (χ4n) is 1.10. The van der Waals surface area contributed by atoms with Gasteiger partial charge in [0.05, 0.1) is 0 Å². The second-order valence-electron chi connectivity index (χ2n) is 4.82. The first-order valence-electron chi connectivity index (χ1n) is 4.53. The molecule has 2 N–H and O–H groups in total. The van der Waals surface area contributed by atoms with Gasteiger partial charge in [-0.25, -0.2) is 4.79 Å². The predicted molar refractivity (Wildman–Crippen MR) is 57.9 cm³/mol. The van der Waals surface area contributed by atoms with Gasteiger partial charge in [0.1, 0.15) is 5.60 Å². The highest BCUT2D eigenvalue weighted by atomic mass is 35.5. The SMILES string of the molecule is CC(C)(C)NC(=O)OC1(C)CNC1.Cl. The average molecular weight is 223 g/mol. The van der Waals surface area contributed by atoms with E-state index in [4.69, 9.17) is 4.74 Å². The average Bonchev–Trinajstić information content (AvgIpc) is 1.79. The first-order valence-corrected chi connectivity index (χ1v) is 4.53. The van der Waals surface area contributed by atoms with Crippen LogP contribution < -0.4 is 10.6 Å². The minimum absolute atomic E-state index is 0. The topological polar surface area (TPSA) is 50.4 Å². The molecule has 0 aromatic heterocycles. The third kappa shape index (κ3) is 4.15. The molecule has 14 heavy (non-hydrogen) atoms. The molecule has 0 aliphatic carbocycles. The van der Waals surface area contributed by atoms with Gasteiger partial charge in [0.25, 0.3) is 0 Å². The molecule has 1 fully saturated rings. The molecule has 1 heterocycles. The van der Waals surface area contributed by atoms with Gasteiger partial charge in [0, 0.05) is 18.6 Å². The molecule has 0 unspecified atom stereocenters. The zero-order valence-corrected chi connectivity index (χ0v) is 9.96. The second-order valence-corrected chi connectivity index (χ2v) is 4.82. The van der Waals surface area contributed by atoms with Crippen molar-refractivity contribution in [3.8, 4) is 0 Å². The van der Waals surface area contributed by atoms with Crippen LogP contribution in [0.25, 0.3) is 0 Å². The van der Waals surface area contributed by atoms with Crippen molar-refractivity contribution < 1.29 is 9.53 Å². The summed E-state index contributed by atoms with van der Waals surface area (Å²) < 4.78 is 5.24. The Balaban J connectivity index is 0.00000169. The number of rotatable bonds is 1. The van der Waals surface area contributed by atoms with Crippen LogP contribution in [-0.4, -0.2) is 30.3 Å². The summed E-state index contributed by atoms with van der Waals surface area (Å²) in [5.41, 5.74) is -0.542. The highest BCUT2D eigenvalue weighted by Gasteiger charge is 2.36. The minimum Gasteiger partial charge on any atom is -0.441 e. The van der Waals surface area contributed by atoms with Crippen LogP contribution in [0.2, 0.25) is 0 Å².